The van der Waals surface area contributed by atoms with Gasteiger partial charge in [0.05, 0.1) is 13.2 Å². The molecule has 0 atom stereocenters. The van der Waals surface area contributed by atoms with Crippen LogP contribution in [0.15, 0.2) is 0 Å². The van der Waals surface area contributed by atoms with Crippen LogP contribution >= 0.6 is 0 Å². The van der Waals surface area contributed by atoms with Crippen molar-refractivity contribution in [3.63, 3.8) is 0 Å². The van der Waals surface area contributed by atoms with Gasteiger partial charge in [-0.2, -0.15) is 0 Å². The van der Waals surface area contributed by atoms with E-state index in [0.717, 1.165) is 58.6 Å². The lowest BCUT2D eigenvalue weighted by Gasteiger charge is -2.22. The van der Waals surface area contributed by atoms with Gasteiger partial charge in [-0.15, -0.1) is 0 Å². The molecule has 0 spiro atoms. The Morgan fingerprint density at radius 2 is 1.61 bits per heavy atom. The first-order valence-electron chi connectivity index (χ1n) is 7.48. The van der Waals surface area contributed by atoms with Gasteiger partial charge >= 0.3 is 0 Å². The maximum atomic E-state index is 5.43. The van der Waals surface area contributed by atoms with E-state index in [2.05, 4.69) is 10.2 Å². The molecule has 108 valence electrons. The summed E-state index contributed by atoms with van der Waals surface area (Å²) in [7, 11) is 0. The fourth-order valence-corrected chi connectivity index (χ4v) is 1.91. The molecule has 0 heterocycles. The fraction of sp³-hybridized carbons (Fsp3) is 1.00. The van der Waals surface area contributed by atoms with E-state index >= 15 is 0 Å². The minimum atomic E-state index is 0.808. The third kappa shape index (κ3) is 8.86. The molecule has 0 bridgehead atoms. The molecule has 4 nitrogen and oxygen atoms in total. The van der Waals surface area contributed by atoms with Crippen LogP contribution in [0.1, 0.15) is 33.1 Å². The van der Waals surface area contributed by atoms with Gasteiger partial charge in [-0.3, -0.25) is 4.90 Å². The summed E-state index contributed by atoms with van der Waals surface area (Å²) >= 11 is 0. The standard InChI is InChI=1S/C14H30N2O2/c1-3-17-12-10-16(11-13-18-4-2)9-5-8-15-14-6-7-14/h14-15H,3-13H2,1-2H3. The van der Waals surface area contributed by atoms with E-state index < -0.39 is 0 Å². The average Bonchev–Trinajstić information content (AvgIpc) is 3.18. The number of ether oxygens (including phenoxy) is 2. The van der Waals surface area contributed by atoms with E-state index in [1.165, 1.54) is 19.3 Å². The van der Waals surface area contributed by atoms with Crippen molar-refractivity contribution in [2.75, 3.05) is 52.6 Å². The highest BCUT2D eigenvalue weighted by Crippen LogP contribution is 2.18. The number of nitrogens with one attached hydrogen (secondary N) is 1. The van der Waals surface area contributed by atoms with Crippen molar-refractivity contribution in [1.82, 2.24) is 10.2 Å². The van der Waals surface area contributed by atoms with Crippen LogP contribution in [0.4, 0.5) is 0 Å². The molecular weight excluding hydrogens is 228 g/mol. The topological polar surface area (TPSA) is 33.7 Å². The predicted molar refractivity (Wildman–Crippen MR) is 75.1 cm³/mol. The van der Waals surface area contributed by atoms with Crippen LogP contribution in [0.2, 0.25) is 0 Å². The van der Waals surface area contributed by atoms with Gasteiger partial charge < -0.3 is 14.8 Å². The Kier molecular flexibility index (Phi) is 9.48. The van der Waals surface area contributed by atoms with Gasteiger partial charge in [0.15, 0.2) is 0 Å². The summed E-state index contributed by atoms with van der Waals surface area (Å²) in [6.45, 7) is 11.7. The van der Waals surface area contributed by atoms with Crippen LogP contribution < -0.4 is 5.32 Å². The first kappa shape index (κ1) is 15.9. The van der Waals surface area contributed by atoms with Gasteiger partial charge in [0, 0.05) is 32.3 Å². The van der Waals surface area contributed by atoms with Gasteiger partial charge in [-0.25, -0.2) is 0 Å². The molecule has 0 radical (unpaired) electrons. The SMILES string of the molecule is CCOCCN(CCCNC1CC1)CCOCC. The van der Waals surface area contributed by atoms with Crippen molar-refractivity contribution in [3.8, 4) is 0 Å². The summed E-state index contributed by atoms with van der Waals surface area (Å²) in [5.74, 6) is 0. The molecular formula is C14H30N2O2. The number of nitrogens with zero attached hydrogens (tertiary/aromatic N) is 1. The number of hydrogen-bond acceptors (Lipinski definition) is 4. The highest BCUT2D eigenvalue weighted by Gasteiger charge is 2.19. The van der Waals surface area contributed by atoms with E-state index in [-0.39, 0.29) is 0 Å². The summed E-state index contributed by atoms with van der Waals surface area (Å²) in [5.41, 5.74) is 0. The van der Waals surface area contributed by atoms with Gasteiger partial charge in [0.25, 0.3) is 0 Å². The molecule has 0 amide bonds. The molecule has 0 aromatic rings. The van der Waals surface area contributed by atoms with Crippen LogP contribution in [0.5, 0.6) is 0 Å². The normalized spacial score (nSPS) is 15.5. The van der Waals surface area contributed by atoms with Crippen molar-refractivity contribution in [1.29, 1.82) is 0 Å². The van der Waals surface area contributed by atoms with Crippen molar-refractivity contribution < 1.29 is 9.47 Å². The minimum absolute atomic E-state index is 0.808. The Labute approximate surface area is 112 Å². The lowest BCUT2D eigenvalue weighted by Crippen LogP contribution is -2.33. The molecule has 18 heavy (non-hydrogen) atoms. The molecule has 1 fully saturated rings. The quantitative estimate of drug-likeness (QED) is 0.508. The second-order valence-corrected chi connectivity index (χ2v) is 4.82. The minimum Gasteiger partial charge on any atom is -0.380 e. The van der Waals surface area contributed by atoms with Crippen molar-refractivity contribution in [2.45, 2.75) is 39.2 Å². The average molecular weight is 258 g/mol. The molecule has 1 aliphatic carbocycles. The lowest BCUT2D eigenvalue weighted by molar-refractivity contribution is 0.0823. The summed E-state index contributed by atoms with van der Waals surface area (Å²) in [4.78, 5) is 2.44. The summed E-state index contributed by atoms with van der Waals surface area (Å²) in [5, 5.41) is 3.56. The monoisotopic (exact) mass is 258 g/mol. The third-order valence-electron chi connectivity index (χ3n) is 3.17. The Balaban J connectivity index is 2.02. The van der Waals surface area contributed by atoms with E-state index in [1.54, 1.807) is 0 Å². The zero-order valence-corrected chi connectivity index (χ0v) is 12.1. The van der Waals surface area contributed by atoms with E-state index in [4.69, 9.17) is 9.47 Å². The Morgan fingerprint density at radius 3 is 2.11 bits per heavy atom. The first-order chi connectivity index (χ1) is 8.86. The van der Waals surface area contributed by atoms with E-state index in [1.807, 2.05) is 13.8 Å². The molecule has 1 saturated carbocycles. The van der Waals surface area contributed by atoms with Crippen LogP contribution in [0.25, 0.3) is 0 Å². The Hall–Kier alpha value is -0.160. The first-order valence-corrected chi connectivity index (χ1v) is 7.48. The van der Waals surface area contributed by atoms with Crippen LogP contribution in [-0.4, -0.2) is 63.5 Å². The smallest absolute Gasteiger partial charge is 0.0593 e. The Morgan fingerprint density at radius 1 is 1.00 bits per heavy atom. The van der Waals surface area contributed by atoms with Gasteiger partial charge in [0.2, 0.25) is 0 Å². The molecule has 4 heteroatoms. The summed E-state index contributed by atoms with van der Waals surface area (Å²) in [6.07, 6.45) is 3.96. The predicted octanol–water partition coefficient (Wildman–Crippen LogP) is 1.50. The number of rotatable bonds is 13. The molecule has 0 saturated heterocycles. The van der Waals surface area contributed by atoms with Crippen molar-refractivity contribution in [3.05, 3.63) is 0 Å². The zero-order valence-electron chi connectivity index (χ0n) is 12.1. The van der Waals surface area contributed by atoms with E-state index in [0.29, 0.717) is 0 Å². The van der Waals surface area contributed by atoms with Crippen molar-refractivity contribution in [2.24, 2.45) is 0 Å². The summed E-state index contributed by atoms with van der Waals surface area (Å²) < 4.78 is 10.9. The van der Waals surface area contributed by atoms with Crippen LogP contribution in [0, 0.1) is 0 Å². The molecule has 0 aliphatic heterocycles. The zero-order chi connectivity index (χ0) is 13.1. The highest BCUT2D eigenvalue weighted by molar-refractivity contribution is 4.80. The Bertz CT molecular complexity index is 177. The highest BCUT2D eigenvalue weighted by atomic mass is 16.5. The van der Waals surface area contributed by atoms with Gasteiger partial charge in [-0.1, -0.05) is 0 Å². The van der Waals surface area contributed by atoms with Crippen molar-refractivity contribution >= 4 is 0 Å². The molecule has 1 N–H and O–H groups in total. The largest absolute Gasteiger partial charge is 0.380 e. The number of hydrogen-bond donors (Lipinski definition) is 1. The molecule has 0 aromatic carbocycles. The summed E-state index contributed by atoms with van der Waals surface area (Å²) in [6, 6.07) is 0.824. The molecule has 1 aliphatic rings. The lowest BCUT2D eigenvalue weighted by atomic mass is 10.3. The van der Waals surface area contributed by atoms with Crippen LogP contribution in [0.3, 0.4) is 0 Å². The fourth-order valence-electron chi connectivity index (χ4n) is 1.91. The second-order valence-electron chi connectivity index (χ2n) is 4.82. The van der Waals surface area contributed by atoms with Gasteiger partial charge in [-0.05, 0) is 46.2 Å². The third-order valence-corrected chi connectivity index (χ3v) is 3.17. The maximum Gasteiger partial charge on any atom is 0.0593 e. The molecule has 1 rings (SSSR count). The molecule has 0 aromatic heterocycles. The van der Waals surface area contributed by atoms with Crippen LogP contribution in [-0.2, 0) is 9.47 Å². The van der Waals surface area contributed by atoms with E-state index in [9.17, 15) is 0 Å². The van der Waals surface area contributed by atoms with Gasteiger partial charge in [0.1, 0.15) is 0 Å². The molecule has 0 unspecified atom stereocenters. The maximum absolute atomic E-state index is 5.43. The second kappa shape index (κ2) is 10.7.